The molecule has 12 heavy (non-hydrogen) atoms. The van der Waals surface area contributed by atoms with Crippen molar-refractivity contribution >= 4 is 14.0 Å². The first-order chi connectivity index (χ1) is 5.45. The van der Waals surface area contributed by atoms with Crippen LogP contribution in [0.15, 0.2) is 5.11 Å². The van der Waals surface area contributed by atoms with Gasteiger partial charge in [0.2, 0.25) is 0 Å². The van der Waals surface area contributed by atoms with E-state index in [2.05, 4.69) is 24.8 Å². The highest BCUT2D eigenvalue weighted by Crippen LogP contribution is 2.07. The molecule has 0 unspecified atom stereocenters. The molecule has 0 saturated carbocycles. The van der Waals surface area contributed by atoms with Gasteiger partial charge in [-0.1, -0.05) is 19.6 Å². The predicted molar refractivity (Wildman–Crippen MR) is 49.8 cm³/mol. The molecule has 0 spiro atoms. The van der Waals surface area contributed by atoms with Gasteiger partial charge in [-0.25, -0.2) is 0 Å². The van der Waals surface area contributed by atoms with E-state index < -0.39 is 14.0 Å². The van der Waals surface area contributed by atoms with Crippen LogP contribution in [0.5, 0.6) is 0 Å². The molecule has 0 aliphatic carbocycles. The second-order valence-corrected chi connectivity index (χ2v) is 9.45. The fraction of sp³-hybridized carbons (Fsp3) is 0.857. The topological polar surface area (TPSA) is 61.0 Å². The third kappa shape index (κ3) is 7.39. The normalized spacial score (nSPS) is 10.9. The van der Waals surface area contributed by atoms with E-state index in [1.807, 2.05) is 0 Å². The molecule has 0 saturated heterocycles. The molecular formula is C7H15N2O2Si-. The molecule has 70 valence electrons. The average Bonchev–Trinajstić information content (AvgIpc) is 1.84. The minimum Gasteiger partial charge on any atom is -0.711 e. The van der Waals surface area contributed by atoms with Crippen molar-refractivity contribution in [3.63, 3.8) is 0 Å². The standard InChI is InChI=1S/C7H15N2O2Si/c1-12(2,3)5-4-11-7(10)6-9-8/h4-6H2,1-3H3/q-1. The first kappa shape index (κ1) is 11.3. The lowest BCUT2D eigenvalue weighted by Gasteiger charge is -2.14. The molecule has 0 fully saturated rings. The second kappa shape index (κ2) is 5.03. The van der Waals surface area contributed by atoms with Crippen LogP contribution in [0.4, 0.5) is 0 Å². The summed E-state index contributed by atoms with van der Waals surface area (Å²) < 4.78 is 4.80. The van der Waals surface area contributed by atoms with Crippen LogP contribution in [0.3, 0.4) is 0 Å². The van der Waals surface area contributed by atoms with Gasteiger partial charge in [-0.05, 0) is 6.04 Å². The summed E-state index contributed by atoms with van der Waals surface area (Å²) >= 11 is 0. The first-order valence-electron chi connectivity index (χ1n) is 3.92. The molecule has 0 rings (SSSR count). The van der Waals surface area contributed by atoms with Crippen LogP contribution in [0.1, 0.15) is 0 Å². The lowest BCUT2D eigenvalue weighted by atomic mass is 10.7. The molecular weight excluding hydrogens is 172 g/mol. The third-order valence-corrected chi connectivity index (χ3v) is 3.02. The van der Waals surface area contributed by atoms with Gasteiger partial charge in [0, 0.05) is 8.07 Å². The molecule has 0 amide bonds. The zero-order valence-electron chi connectivity index (χ0n) is 7.83. The number of carbonyl (C=O) groups is 1. The van der Waals surface area contributed by atoms with Gasteiger partial charge in [0.05, 0.1) is 6.61 Å². The maximum Gasteiger partial charge on any atom is 0.325 e. The molecule has 5 heteroatoms. The number of rotatable bonds is 5. The van der Waals surface area contributed by atoms with Crippen molar-refractivity contribution < 1.29 is 9.53 Å². The SMILES string of the molecule is C[Si](C)(C)CCOC(=O)CN=[N-]. The Morgan fingerprint density at radius 2 is 2.08 bits per heavy atom. The Labute approximate surface area is 73.8 Å². The molecule has 0 N–H and O–H groups in total. The number of esters is 1. The molecule has 0 atom stereocenters. The predicted octanol–water partition coefficient (Wildman–Crippen LogP) is 1.89. The van der Waals surface area contributed by atoms with E-state index in [1.54, 1.807) is 0 Å². The van der Waals surface area contributed by atoms with E-state index in [0.717, 1.165) is 6.04 Å². The molecule has 0 aliphatic rings. The van der Waals surface area contributed by atoms with Gasteiger partial charge in [0.15, 0.2) is 0 Å². The number of nitrogens with zero attached hydrogens (tertiary/aromatic N) is 2. The van der Waals surface area contributed by atoms with Crippen LogP contribution in [-0.2, 0) is 9.53 Å². The van der Waals surface area contributed by atoms with Crippen molar-refractivity contribution in [2.24, 2.45) is 5.11 Å². The zero-order chi connectivity index (χ0) is 9.61. The summed E-state index contributed by atoms with van der Waals surface area (Å²) in [6.45, 7) is 6.81. The first-order valence-corrected chi connectivity index (χ1v) is 7.63. The van der Waals surface area contributed by atoms with Crippen LogP contribution in [0.25, 0.3) is 5.53 Å². The fourth-order valence-electron chi connectivity index (χ4n) is 0.574. The Morgan fingerprint density at radius 3 is 2.50 bits per heavy atom. The van der Waals surface area contributed by atoms with E-state index in [4.69, 9.17) is 10.3 Å². The molecule has 0 aliphatic heterocycles. The van der Waals surface area contributed by atoms with Gasteiger partial charge in [-0.15, -0.1) is 0 Å². The van der Waals surface area contributed by atoms with Crippen LogP contribution in [-0.4, -0.2) is 27.2 Å². The highest BCUT2D eigenvalue weighted by molar-refractivity contribution is 6.76. The van der Waals surface area contributed by atoms with Crippen molar-refractivity contribution in [3.8, 4) is 0 Å². The summed E-state index contributed by atoms with van der Waals surface area (Å²) in [4.78, 5) is 10.7. The highest BCUT2D eigenvalue weighted by atomic mass is 28.3. The van der Waals surface area contributed by atoms with Gasteiger partial charge in [-0.3, -0.25) is 4.79 Å². The van der Waals surface area contributed by atoms with E-state index >= 15 is 0 Å². The summed E-state index contributed by atoms with van der Waals surface area (Å²) in [5, 5.41) is 2.69. The van der Waals surface area contributed by atoms with Crippen LogP contribution >= 0.6 is 0 Å². The third-order valence-electron chi connectivity index (χ3n) is 1.31. The number of hydrogen-bond donors (Lipinski definition) is 0. The van der Waals surface area contributed by atoms with Gasteiger partial charge in [0.1, 0.15) is 6.54 Å². The number of ether oxygens (including phenoxy) is 1. The Morgan fingerprint density at radius 1 is 1.50 bits per heavy atom. The van der Waals surface area contributed by atoms with Crippen molar-refractivity contribution in [2.75, 3.05) is 13.2 Å². The summed E-state index contributed by atoms with van der Waals surface area (Å²) in [6, 6.07) is 0.949. The van der Waals surface area contributed by atoms with Crippen molar-refractivity contribution in [1.29, 1.82) is 0 Å². The van der Waals surface area contributed by atoms with Crippen molar-refractivity contribution in [1.82, 2.24) is 0 Å². The average molecular weight is 187 g/mol. The number of hydrogen-bond acceptors (Lipinski definition) is 3. The van der Waals surface area contributed by atoms with E-state index in [1.165, 1.54) is 0 Å². The van der Waals surface area contributed by atoms with Crippen LogP contribution in [0.2, 0.25) is 25.7 Å². The van der Waals surface area contributed by atoms with Gasteiger partial charge in [-0.2, -0.15) is 0 Å². The lowest BCUT2D eigenvalue weighted by molar-refractivity contribution is -0.141. The van der Waals surface area contributed by atoms with E-state index in [0.29, 0.717) is 6.61 Å². The highest BCUT2D eigenvalue weighted by Gasteiger charge is 2.13. The van der Waals surface area contributed by atoms with E-state index in [-0.39, 0.29) is 6.54 Å². The molecule has 0 bridgehead atoms. The molecule has 0 aromatic heterocycles. The Bertz CT molecular complexity index is 165. The Hall–Kier alpha value is -0.713. The largest absolute Gasteiger partial charge is 0.711 e. The molecule has 0 radical (unpaired) electrons. The minimum absolute atomic E-state index is 0.258. The molecule has 0 aromatic rings. The maximum atomic E-state index is 10.7. The molecule has 0 aromatic carbocycles. The minimum atomic E-state index is -1.12. The Kier molecular flexibility index (Phi) is 4.73. The number of carbonyl (C=O) groups excluding carboxylic acids is 1. The van der Waals surface area contributed by atoms with Gasteiger partial charge >= 0.3 is 5.97 Å². The lowest BCUT2D eigenvalue weighted by Crippen LogP contribution is -2.23. The molecule has 0 heterocycles. The maximum absolute atomic E-state index is 10.7. The van der Waals surface area contributed by atoms with Gasteiger partial charge < -0.3 is 15.4 Å². The summed E-state index contributed by atoms with van der Waals surface area (Å²) in [7, 11) is -1.12. The van der Waals surface area contributed by atoms with Crippen LogP contribution in [0, 0.1) is 0 Å². The quantitative estimate of drug-likeness (QED) is 0.375. The second-order valence-electron chi connectivity index (χ2n) is 3.83. The summed E-state index contributed by atoms with van der Waals surface area (Å²) in [5.41, 5.74) is 8.03. The summed E-state index contributed by atoms with van der Waals surface area (Å²) in [6.07, 6.45) is 0. The van der Waals surface area contributed by atoms with Crippen molar-refractivity contribution in [2.45, 2.75) is 25.7 Å². The van der Waals surface area contributed by atoms with Crippen LogP contribution < -0.4 is 0 Å². The molecule has 4 nitrogen and oxygen atoms in total. The fourth-order valence-corrected chi connectivity index (χ4v) is 1.29. The smallest absolute Gasteiger partial charge is 0.325 e. The van der Waals surface area contributed by atoms with Crippen molar-refractivity contribution in [3.05, 3.63) is 5.53 Å². The zero-order valence-corrected chi connectivity index (χ0v) is 8.83. The monoisotopic (exact) mass is 187 g/mol. The van der Waals surface area contributed by atoms with E-state index in [9.17, 15) is 4.79 Å². The Balaban J connectivity index is 3.43. The van der Waals surface area contributed by atoms with Gasteiger partial charge in [0.25, 0.3) is 0 Å². The summed E-state index contributed by atoms with van der Waals surface area (Å²) in [5.74, 6) is -0.462.